The Morgan fingerprint density at radius 3 is 2.68 bits per heavy atom. The molecule has 0 saturated carbocycles. The number of nitrogens with zero attached hydrogens (tertiary/aromatic N) is 2. The maximum atomic E-state index is 12.8. The van der Waals surface area contributed by atoms with Gasteiger partial charge in [-0.15, -0.1) is 11.3 Å². The lowest BCUT2D eigenvalue weighted by Crippen LogP contribution is -2.18. The predicted molar refractivity (Wildman–Crippen MR) is 116 cm³/mol. The number of rotatable bonds is 4. The van der Waals surface area contributed by atoms with Gasteiger partial charge in [-0.1, -0.05) is 36.4 Å². The number of hydrazone groups is 1. The van der Waals surface area contributed by atoms with Gasteiger partial charge in [-0.25, -0.2) is 10.4 Å². The fraction of sp³-hybridized carbons (Fsp3) is 0.0870. The van der Waals surface area contributed by atoms with Crippen LogP contribution in [0.1, 0.15) is 26.4 Å². The second-order valence-electron chi connectivity index (χ2n) is 6.59. The molecule has 2 aromatic carbocycles. The summed E-state index contributed by atoms with van der Waals surface area (Å²) in [6.07, 6.45) is 1.65. The molecule has 0 unspecified atom stereocenters. The molecule has 4 aromatic rings. The van der Waals surface area contributed by atoms with Crippen LogP contribution in [0, 0.1) is 13.8 Å². The standard InChI is InChI=1S/C23H19N3OS/c1-15-9-10-17(12-16(15)2)22-13-20(19-7-3-4-8-21(19)25-22)23(27)26-24-14-18-6-5-11-28-18/h3-14H,1-2H3,(H,26,27)/b24-14+. The van der Waals surface area contributed by atoms with E-state index in [9.17, 15) is 4.79 Å². The molecule has 2 aromatic heterocycles. The number of hydrogen-bond donors (Lipinski definition) is 1. The van der Waals surface area contributed by atoms with Crippen LogP contribution in [0.4, 0.5) is 0 Å². The minimum atomic E-state index is -0.253. The number of thiophene rings is 1. The van der Waals surface area contributed by atoms with Crippen LogP contribution in [0.25, 0.3) is 22.2 Å². The number of aryl methyl sites for hydroxylation is 2. The number of pyridine rings is 1. The molecule has 0 radical (unpaired) electrons. The van der Waals surface area contributed by atoms with Crippen molar-refractivity contribution in [2.45, 2.75) is 13.8 Å². The molecule has 2 heterocycles. The van der Waals surface area contributed by atoms with Crippen LogP contribution in [-0.2, 0) is 0 Å². The zero-order valence-corrected chi connectivity index (χ0v) is 16.5. The van der Waals surface area contributed by atoms with Crippen molar-refractivity contribution in [2.75, 3.05) is 0 Å². The Labute approximate surface area is 167 Å². The summed E-state index contributed by atoms with van der Waals surface area (Å²) >= 11 is 1.56. The zero-order chi connectivity index (χ0) is 19.5. The Morgan fingerprint density at radius 1 is 1.04 bits per heavy atom. The number of carbonyl (C=O) groups excluding carboxylic acids is 1. The lowest BCUT2D eigenvalue weighted by Gasteiger charge is -2.10. The molecule has 1 amide bonds. The molecule has 4 nitrogen and oxygen atoms in total. The van der Waals surface area contributed by atoms with Gasteiger partial charge in [0.2, 0.25) is 0 Å². The van der Waals surface area contributed by atoms with Gasteiger partial charge in [-0.3, -0.25) is 4.79 Å². The van der Waals surface area contributed by atoms with Crippen LogP contribution >= 0.6 is 11.3 Å². The monoisotopic (exact) mass is 385 g/mol. The number of aromatic nitrogens is 1. The first-order valence-electron chi connectivity index (χ1n) is 8.96. The number of amides is 1. The highest BCUT2D eigenvalue weighted by molar-refractivity contribution is 7.11. The van der Waals surface area contributed by atoms with E-state index in [1.54, 1.807) is 17.6 Å². The maximum Gasteiger partial charge on any atom is 0.272 e. The van der Waals surface area contributed by atoms with E-state index >= 15 is 0 Å². The summed E-state index contributed by atoms with van der Waals surface area (Å²) in [5.41, 5.74) is 8.16. The summed E-state index contributed by atoms with van der Waals surface area (Å²) in [6, 6.07) is 19.6. The van der Waals surface area contributed by atoms with E-state index in [2.05, 4.69) is 36.5 Å². The Bertz CT molecular complexity index is 1180. The zero-order valence-electron chi connectivity index (χ0n) is 15.6. The van der Waals surface area contributed by atoms with Gasteiger partial charge in [0.15, 0.2) is 0 Å². The largest absolute Gasteiger partial charge is 0.272 e. The minimum Gasteiger partial charge on any atom is -0.267 e. The number of hydrogen-bond acceptors (Lipinski definition) is 4. The van der Waals surface area contributed by atoms with Gasteiger partial charge >= 0.3 is 0 Å². The van der Waals surface area contributed by atoms with Gasteiger partial charge < -0.3 is 0 Å². The van der Waals surface area contributed by atoms with E-state index in [4.69, 9.17) is 4.98 Å². The predicted octanol–water partition coefficient (Wildman–Crippen LogP) is 5.34. The smallest absolute Gasteiger partial charge is 0.267 e. The molecular formula is C23H19N3OS. The number of para-hydroxylation sites is 1. The second-order valence-corrected chi connectivity index (χ2v) is 7.57. The van der Waals surface area contributed by atoms with E-state index in [-0.39, 0.29) is 5.91 Å². The van der Waals surface area contributed by atoms with Crippen LogP contribution in [0.5, 0.6) is 0 Å². The average molecular weight is 385 g/mol. The minimum absolute atomic E-state index is 0.253. The Morgan fingerprint density at radius 2 is 1.89 bits per heavy atom. The highest BCUT2D eigenvalue weighted by atomic mass is 32.1. The third kappa shape index (κ3) is 3.70. The van der Waals surface area contributed by atoms with Crippen molar-refractivity contribution >= 4 is 34.4 Å². The maximum absolute atomic E-state index is 12.8. The van der Waals surface area contributed by atoms with Gasteiger partial charge in [0.05, 0.1) is 23.0 Å². The van der Waals surface area contributed by atoms with E-state index in [0.29, 0.717) is 5.56 Å². The molecule has 0 aliphatic heterocycles. The average Bonchev–Trinajstić information content (AvgIpc) is 3.22. The summed E-state index contributed by atoms with van der Waals surface area (Å²) < 4.78 is 0. The Balaban J connectivity index is 1.73. The lowest BCUT2D eigenvalue weighted by molar-refractivity contribution is 0.0957. The van der Waals surface area contributed by atoms with Gasteiger partial charge in [0, 0.05) is 15.8 Å². The summed E-state index contributed by atoms with van der Waals surface area (Å²) in [5, 5.41) is 6.86. The lowest BCUT2D eigenvalue weighted by atomic mass is 10.0. The van der Waals surface area contributed by atoms with Gasteiger partial charge in [-0.05, 0) is 54.6 Å². The molecular weight excluding hydrogens is 366 g/mol. The first-order valence-corrected chi connectivity index (χ1v) is 9.84. The highest BCUT2D eigenvalue weighted by Gasteiger charge is 2.14. The summed E-state index contributed by atoms with van der Waals surface area (Å²) in [5.74, 6) is -0.253. The third-order valence-corrected chi connectivity index (χ3v) is 5.47. The van der Waals surface area contributed by atoms with Crippen LogP contribution in [0.2, 0.25) is 0 Å². The van der Waals surface area contributed by atoms with Gasteiger partial charge in [0.25, 0.3) is 5.91 Å². The first-order chi connectivity index (χ1) is 13.6. The molecule has 0 bridgehead atoms. The fourth-order valence-corrected chi connectivity index (χ4v) is 3.58. The Hall–Kier alpha value is -3.31. The van der Waals surface area contributed by atoms with E-state index < -0.39 is 0 Å². The Kier molecular flexibility index (Phi) is 5.00. The normalized spacial score (nSPS) is 11.2. The van der Waals surface area contributed by atoms with Crippen LogP contribution < -0.4 is 5.43 Å². The molecule has 0 saturated heterocycles. The highest BCUT2D eigenvalue weighted by Crippen LogP contribution is 2.26. The number of benzene rings is 2. The summed E-state index contributed by atoms with van der Waals surface area (Å²) in [7, 11) is 0. The molecule has 0 spiro atoms. The van der Waals surface area contributed by atoms with Crippen LogP contribution in [0.3, 0.4) is 0 Å². The van der Waals surface area contributed by atoms with Crippen molar-refractivity contribution < 1.29 is 4.79 Å². The SMILES string of the molecule is Cc1ccc(-c2cc(C(=O)N/N=C/c3cccs3)c3ccccc3n2)cc1C. The first kappa shape index (κ1) is 18.1. The molecule has 0 atom stereocenters. The molecule has 28 heavy (non-hydrogen) atoms. The van der Waals surface area contributed by atoms with E-state index in [0.717, 1.165) is 27.0 Å². The van der Waals surface area contributed by atoms with Gasteiger partial charge in [-0.2, -0.15) is 5.10 Å². The van der Waals surface area contributed by atoms with Crippen molar-refractivity contribution in [3.05, 3.63) is 87.6 Å². The molecule has 0 aliphatic rings. The molecule has 138 valence electrons. The number of nitrogens with one attached hydrogen (secondary N) is 1. The quantitative estimate of drug-likeness (QED) is 0.381. The van der Waals surface area contributed by atoms with Crippen molar-refractivity contribution in [1.29, 1.82) is 0 Å². The second kappa shape index (κ2) is 7.74. The molecule has 5 heteroatoms. The van der Waals surface area contributed by atoms with E-state index in [1.807, 2.05) is 53.9 Å². The van der Waals surface area contributed by atoms with Gasteiger partial charge in [0.1, 0.15) is 0 Å². The van der Waals surface area contributed by atoms with Crippen molar-refractivity contribution in [1.82, 2.24) is 10.4 Å². The summed E-state index contributed by atoms with van der Waals surface area (Å²) in [6.45, 7) is 4.16. The number of fused-ring (bicyclic) bond motifs is 1. The molecule has 0 aliphatic carbocycles. The topological polar surface area (TPSA) is 54.4 Å². The van der Waals surface area contributed by atoms with Crippen molar-refractivity contribution in [3.8, 4) is 11.3 Å². The van der Waals surface area contributed by atoms with Crippen molar-refractivity contribution in [3.63, 3.8) is 0 Å². The molecule has 0 fully saturated rings. The number of carbonyl (C=O) groups is 1. The van der Waals surface area contributed by atoms with Crippen LogP contribution in [-0.4, -0.2) is 17.1 Å². The van der Waals surface area contributed by atoms with E-state index in [1.165, 1.54) is 11.1 Å². The van der Waals surface area contributed by atoms with Crippen LogP contribution in [0.15, 0.2) is 71.1 Å². The summed E-state index contributed by atoms with van der Waals surface area (Å²) in [4.78, 5) is 18.6. The third-order valence-electron chi connectivity index (χ3n) is 4.66. The van der Waals surface area contributed by atoms with Crippen molar-refractivity contribution in [2.24, 2.45) is 5.10 Å². The molecule has 1 N–H and O–H groups in total. The molecule has 4 rings (SSSR count). The fourth-order valence-electron chi connectivity index (χ4n) is 2.99.